The van der Waals surface area contributed by atoms with Crippen molar-refractivity contribution in [3.8, 4) is 6.07 Å². The first-order valence-corrected chi connectivity index (χ1v) is 10.3. The lowest BCUT2D eigenvalue weighted by Gasteiger charge is -2.15. The minimum Gasteiger partial charge on any atom is -0.287 e. The molecule has 2 aromatic heterocycles. The molecule has 0 bridgehead atoms. The molecule has 0 spiro atoms. The van der Waals surface area contributed by atoms with E-state index in [9.17, 15) is 4.79 Å². The Morgan fingerprint density at radius 2 is 2.08 bits per heavy atom. The standard InChI is InChI=1S/C18H23N3OS2/c1-11(2)8-9-21-17(22)15-13-6-4-5-7-14(13)24-16(15)20-18(21)23-12(3)10-19/h11-12H,4-9H2,1-3H3/t12-/m1/s1. The number of thiophene rings is 1. The Morgan fingerprint density at radius 1 is 1.33 bits per heavy atom. The molecule has 0 aromatic carbocycles. The van der Waals surface area contributed by atoms with E-state index in [1.165, 1.54) is 28.6 Å². The third kappa shape index (κ3) is 3.38. The molecule has 0 aliphatic heterocycles. The first-order valence-electron chi connectivity index (χ1n) is 8.62. The molecule has 1 atom stereocenters. The summed E-state index contributed by atoms with van der Waals surface area (Å²) in [5.41, 5.74) is 1.33. The fourth-order valence-corrected chi connectivity index (χ4v) is 5.20. The van der Waals surface area contributed by atoms with E-state index in [0.29, 0.717) is 17.6 Å². The van der Waals surface area contributed by atoms with Crippen molar-refractivity contribution in [2.75, 3.05) is 0 Å². The Kier molecular flexibility index (Phi) is 5.31. The van der Waals surface area contributed by atoms with Gasteiger partial charge >= 0.3 is 0 Å². The van der Waals surface area contributed by atoms with Crippen LogP contribution in [0.4, 0.5) is 0 Å². The molecule has 2 aromatic rings. The van der Waals surface area contributed by atoms with Crippen molar-refractivity contribution >= 4 is 33.3 Å². The predicted octanol–water partition coefficient (Wildman–Crippen LogP) is 4.39. The maximum atomic E-state index is 13.2. The highest BCUT2D eigenvalue weighted by atomic mass is 32.2. The van der Waals surface area contributed by atoms with Crippen LogP contribution in [-0.2, 0) is 19.4 Å². The van der Waals surface area contributed by atoms with Crippen LogP contribution in [0, 0.1) is 17.2 Å². The van der Waals surface area contributed by atoms with Crippen LogP contribution in [0.3, 0.4) is 0 Å². The first kappa shape index (κ1) is 17.5. The van der Waals surface area contributed by atoms with E-state index in [4.69, 9.17) is 10.2 Å². The molecule has 0 fully saturated rings. The van der Waals surface area contributed by atoms with Crippen LogP contribution in [0.5, 0.6) is 0 Å². The average molecular weight is 362 g/mol. The molecular weight excluding hydrogens is 338 g/mol. The number of nitriles is 1. The van der Waals surface area contributed by atoms with Crippen molar-refractivity contribution in [2.24, 2.45) is 5.92 Å². The molecule has 24 heavy (non-hydrogen) atoms. The summed E-state index contributed by atoms with van der Waals surface area (Å²) in [4.78, 5) is 20.2. The number of thioether (sulfide) groups is 1. The van der Waals surface area contributed by atoms with Crippen molar-refractivity contribution in [3.63, 3.8) is 0 Å². The van der Waals surface area contributed by atoms with Crippen LogP contribution in [0.25, 0.3) is 10.2 Å². The van der Waals surface area contributed by atoms with Crippen LogP contribution >= 0.6 is 23.1 Å². The zero-order valence-electron chi connectivity index (χ0n) is 14.5. The van der Waals surface area contributed by atoms with Crippen LogP contribution in [-0.4, -0.2) is 14.8 Å². The van der Waals surface area contributed by atoms with Gasteiger partial charge in [-0.15, -0.1) is 11.3 Å². The van der Waals surface area contributed by atoms with Gasteiger partial charge in [-0.3, -0.25) is 9.36 Å². The largest absolute Gasteiger partial charge is 0.287 e. The summed E-state index contributed by atoms with van der Waals surface area (Å²) in [7, 11) is 0. The second-order valence-electron chi connectivity index (χ2n) is 6.81. The summed E-state index contributed by atoms with van der Waals surface area (Å²) >= 11 is 3.07. The molecule has 1 aliphatic carbocycles. The van der Waals surface area contributed by atoms with Gasteiger partial charge in [-0.25, -0.2) is 4.98 Å². The van der Waals surface area contributed by atoms with Gasteiger partial charge in [-0.1, -0.05) is 25.6 Å². The molecule has 3 rings (SSSR count). The van der Waals surface area contributed by atoms with E-state index in [0.717, 1.165) is 35.9 Å². The number of fused-ring (bicyclic) bond motifs is 3. The van der Waals surface area contributed by atoms with Gasteiger partial charge in [0.2, 0.25) is 0 Å². The molecule has 6 heteroatoms. The Morgan fingerprint density at radius 3 is 2.79 bits per heavy atom. The van der Waals surface area contributed by atoms with Gasteiger partial charge in [0.05, 0.1) is 16.7 Å². The van der Waals surface area contributed by atoms with Crippen molar-refractivity contribution in [1.82, 2.24) is 9.55 Å². The Labute approximate surface area is 150 Å². The zero-order chi connectivity index (χ0) is 17.3. The van der Waals surface area contributed by atoms with Gasteiger partial charge in [0, 0.05) is 11.4 Å². The van der Waals surface area contributed by atoms with E-state index < -0.39 is 0 Å². The number of hydrogen-bond donors (Lipinski definition) is 0. The predicted molar refractivity (Wildman–Crippen MR) is 101 cm³/mol. The SMILES string of the molecule is CC(C)CCn1c(S[C@H](C)C#N)nc2sc3c(c2c1=O)CCCC3. The highest BCUT2D eigenvalue weighted by Crippen LogP contribution is 2.35. The van der Waals surface area contributed by atoms with Crippen molar-refractivity contribution in [3.05, 3.63) is 20.8 Å². The average Bonchev–Trinajstić information content (AvgIpc) is 2.92. The van der Waals surface area contributed by atoms with E-state index in [2.05, 4.69) is 19.9 Å². The van der Waals surface area contributed by atoms with Crippen molar-refractivity contribution in [2.45, 2.75) is 69.8 Å². The van der Waals surface area contributed by atoms with Gasteiger partial charge in [0.1, 0.15) is 4.83 Å². The Balaban J connectivity index is 2.15. The summed E-state index contributed by atoms with van der Waals surface area (Å²) in [6.07, 6.45) is 5.37. The maximum Gasteiger partial charge on any atom is 0.263 e. The molecule has 4 nitrogen and oxygen atoms in total. The third-order valence-electron chi connectivity index (χ3n) is 4.43. The summed E-state index contributed by atoms with van der Waals surface area (Å²) in [5.74, 6) is 0.523. The highest BCUT2D eigenvalue weighted by Gasteiger charge is 2.22. The van der Waals surface area contributed by atoms with Gasteiger partial charge in [-0.2, -0.15) is 5.26 Å². The van der Waals surface area contributed by atoms with E-state index in [-0.39, 0.29) is 10.8 Å². The molecule has 0 saturated heterocycles. The number of aryl methyl sites for hydroxylation is 2. The first-order chi connectivity index (χ1) is 11.5. The molecule has 0 N–H and O–H groups in total. The number of hydrogen-bond acceptors (Lipinski definition) is 5. The summed E-state index contributed by atoms with van der Waals surface area (Å²) < 4.78 is 1.81. The number of rotatable bonds is 5. The Hall–Kier alpha value is -1.32. The molecular formula is C18H23N3OS2. The fourth-order valence-electron chi connectivity index (χ4n) is 3.08. The molecule has 0 amide bonds. The number of aromatic nitrogens is 2. The van der Waals surface area contributed by atoms with Crippen LogP contribution < -0.4 is 5.56 Å². The zero-order valence-corrected chi connectivity index (χ0v) is 16.1. The lowest BCUT2D eigenvalue weighted by atomic mass is 9.97. The summed E-state index contributed by atoms with van der Waals surface area (Å²) in [5, 5.41) is 10.5. The van der Waals surface area contributed by atoms with Crippen LogP contribution in [0.2, 0.25) is 0 Å². The summed E-state index contributed by atoms with van der Waals surface area (Å²) in [6.45, 7) is 6.85. The quantitative estimate of drug-likeness (QED) is 0.585. The van der Waals surface area contributed by atoms with Crippen molar-refractivity contribution in [1.29, 1.82) is 5.26 Å². The van der Waals surface area contributed by atoms with Crippen LogP contribution in [0.15, 0.2) is 9.95 Å². The molecule has 128 valence electrons. The van der Waals surface area contributed by atoms with E-state index >= 15 is 0 Å². The van der Waals surface area contributed by atoms with Gasteiger partial charge < -0.3 is 0 Å². The lowest BCUT2D eigenvalue weighted by Crippen LogP contribution is -2.25. The topological polar surface area (TPSA) is 58.7 Å². The molecule has 1 aliphatic rings. The molecule has 2 heterocycles. The molecule has 0 saturated carbocycles. The fraction of sp³-hybridized carbons (Fsp3) is 0.611. The maximum absolute atomic E-state index is 13.2. The van der Waals surface area contributed by atoms with Crippen LogP contribution in [0.1, 0.15) is 50.5 Å². The molecule has 0 unspecified atom stereocenters. The lowest BCUT2D eigenvalue weighted by molar-refractivity contribution is 0.481. The van der Waals surface area contributed by atoms with Gasteiger partial charge in [0.25, 0.3) is 5.56 Å². The van der Waals surface area contributed by atoms with Crippen molar-refractivity contribution < 1.29 is 0 Å². The van der Waals surface area contributed by atoms with Gasteiger partial charge in [0.15, 0.2) is 5.16 Å². The monoisotopic (exact) mass is 361 g/mol. The van der Waals surface area contributed by atoms with E-state index in [1.807, 2.05) is 11.5 Å². The second-order valence-corrected chi connectivity index (χ2v) is 9.21. The minimum atomic E-state index is -0.214. The normalized spacial score (nSPS) is 15.5. The second kappa shape index (κ2) is 7.28. The minimum absolute atomic E-state index is 0.0905. The third-order valence-corrected chi connectivity index (χ3v) is 6.60. The smallest absolute Gasteiger partial charge is 0.263 e. The highest BCUT2D eigenvalue weighted by molar-refractivity contribution is 8.00. The Bertz CT molecular complexity index is 845. The summed E-state index contributed by atoms with van der Waals surface area (Å²) in [6, 6.07) is 2.23. The number of nitrogens with zero attached hydrogens (tertiary/aromatic N) is 3. The van der Waals surface area contributed by atoms with Gasteiger partial charge in [-0.05, 0) is 50.5 Å². The molecule has 0 radical (unpaired) electrons. The van der Waals surface area contributed by atoms with E-state index in [1.54, 1.807) is 11.3 Å².